The Kier molecular flexibility index (Phi) is 5.05. The molecule has 3 rings (SSSR count). The van der Waals surface area contributed by atoms with Gasteiger partial charge < -0.3 is 16.5 Å². The summed E-state index contributed by atoms with van der Waals surface area (Å²) in [5.41, 5.74) is 7.87. The molecule has 1 aromatic heterocycles. The Bertz CT molecular complexity index is 634. The molecule has 0 fully saturated rings. The Morgan fingerprint density at radius 3 is 2.57 bits per heavy atom. The van der Waals surface area contributed by atoms with Crippen LogP contribution in [0.3, 0.4) is 0 Å². The number of halogens is 1. The third kappa shape index (κ3) is 4.39. The molecule has 1 aliphatic rings. The molecule has 0 unspecified atom stereocenters. The van der Waals surface area contributed by atoms with Gasteiger partial charge in [0.2, 0.25) is 5.91 Å². The SMILES string of the molecule is N=C1CCC(=O)Nc2cccnc21.Nc1ccc(Br)cc1. The van der Waals surface area contributed by atoms with Gasteiger partial charge >= 0.3 is 0 Å². The first-order valence-electron chi connectivity index (χ1n) is 6.40. The minimum absolute atomic E-state index is 0.0449. The van der Waals surface area contributed by atoms with Crippen molar-refractivity contribution in [2.45, 2.75) is 12.8 Å². The second-order valence-corrected chi connectivity index (χ2v) is 5.39. The molecule has 1 aliphatic heterocycles. The van der Waals surface area contributed by atoms with Crippen molar-refractivity contribution in [2.24, 2.45) is 0 Å². The highest BCUT2D eigenvalue weighted by molar-refractivity contribution is 9.10. The zero-order valence-electron chi connectivity index (χ0n) is 11.3. The van der Waals surface area contributed by atoms with Gasteiger partial charge in [-0.1, -0.05) is 15.9 Å². The molecular formula is C15H15BrN4O. The highest BCUT2D eigenvalue weighted by atomic mass is 79.9. The highest BCUT2D eigenvalue weighted by Crippen LogP contribution is 2.18. The van der Waals surface area contributed by atoms with Crippen LogP contribution in [0.1, 0.15) is 18.5 Å². The van der Waals surface area contributed by atoms with Gasteiger partial charge in [-0.2, -0.15) is 0 Å². The van der Waals surface area contributed by atoms with Gasteiger partial charge in [0, 0.05) is 22.8 Å². The number of hydrogen-bond acceptors (Lipinski definition) is 4. The summed E-state index contributed by atoms with van der Waals surface area (Å²) in [5.74, 6) is -0.0449. The normalized spacial score (nSPS) is 13.4. The summed E-state index contributed by atoms with van der Waals surface area (Å²) >= 11 is 3.29. The molecule has 1 amide bonds. The van der Waals surface area contributed by atoms with Gasteiger partial charge in [-0.05, 0) is 42.8 Å². The van der Waals surface area contributed by atoms with E-state index in [0.29, 0.717) is 29.9 Å². The monoisotopic (exact) mass is 346 g/mol. The smallest absolute Gasteiger partial charge is 0.224 e. The number of nitrogens with zero attached hydrogens (tertiary/aromatic N) is 1. The number of nitrogens with two attached hydrogens (primary N) is 1. The van der Waals surface area contributed by atoms with Crippen LogP contribution in [0.4, 0.5) is 11.4 Å². The average Bonchev–Trinajstić information content (AvgIpc) is 2.62. The van der Waals surface area contributed by atoms with Crippen molar-refractivity contribution < 1.29 is 4.79 Å². The minimum atomic E-state index is -0.0449. The van der Waals surface area contributed by atoms with Crippen molar-refractivity contribution in [3.05, 3.63) is 52.8 Å². The van der Waals surface area contributed by atoms with Crippen molar-refractivity contribution in [1.29, 1.82) is 5.41 Å². The number of carbonyl (C=O) groups is 1. The summed E-state index contributed by atoms with van der Waals surface area (Å²) in [6.45, 7) is 0. The number of fused-ring (bicyclic) bond motifs is 1. The molecule has 0 aliphatic carbocycles. The lowest BCUT2D eigenvalue weighted by atomic mass is 10.1. The second kappa shape index (κ2) is 6.99. The molecule has 2 heterocycles. The molecule has 4 N–H and O–H groups in total. The predicted octanol–water partition coefficient (Wildman–Crippen LogP) is 3.21. The average molecular weight is 347 g/mol. The second-order valence-electron chi connectivity index (χ2n) is 4.48. The Hall–Kier alpha value is -2.21. The van der Waals surface area contributed by atoms with Crippen LogP contribution < -0.4 is 11.1 Å². The van der Waals surface area contributed by atoms with Crippen molar-refractivity contribution >= 4 is 38.9 Å². The van der Waals surface area contributed by atoms with Crippen LogP contribution in [0.2, 0.25) is 0 Å². The molecule has 2 aromatic rings. The molecule has 5 nitrogen and oxygen atoms in total. The van der Waals surface area contributed by atoms with E-state index < -0.39 is 0 Å². The third-order valence-electron chi connectivity index (χ3n) is 2.84. The topological polar surface area (TPSA) is 91.9 Å². The number of carbonyl (C=O) groups excluding carboxylic acids is 1. The molecule has 0 saturated heterocycles. The summed E-state index contributed by atoms with van der Waals surface area (Å²) < 4.78 is 1.06. The van der Waals surface area contributed by atoms with E-state index in [-0.39, 0.29) is 5.91 Å². The lowest BCUT2D eigenvalue weighted by Gasteiger charge is -2.03. The van der Waals surface area contributed by atoms with Crippen molar-refractivity contribution in [3.63, 3.8) is 0 Å². The van der Waals surface area contributed by atoms with Gasteiger partial charge in [-0.25, -0.2) is 0 Å². The first-order valence-corrected chi connectivity index (χ1v) is 7.19. The number of hydrogen-bond donors (Lipinski definition) is 3. The van der Waals surface area contributed by atoms with Crippen LogP contribution in [-0.4, -0.2) is 16.6 Å². The summed E-state index contributed by atoms with van der Waals surface area (Å²) in [6.07, 6.45) is 2.47. The summed E-state index contributed by atoms with van der Waals surface area (Å²) in [5, 5.41) is 10.4. The van der Waals surface area contributed by atoms with E-state index >= 15 is 0 Å². The van der Waals surface area contributed by atoms with Crippen LogP contribution in [0.25, 0.3) is 0 Å². The molecule has 21 heavy (non-hydrogen) atoms. The number of benzene rings is 1. The van der Waals surface area contributed by atoms with E-state index in [4.69, 9.17) is 11.1 Å². The van der Waals surface area contributed by atoms with E-state index in [1.54, 1.807) is 18.3 Å². The third-order valence-corrected chi connectivity index (χ3v) is 3.37. The van der Waals surface area contributed by atoms with E-state index in [1.807, 2.05) is 24.3 Å². The van der Waals surface area contributed by atoms with Crippen molar-refractivity contribution in [1.82, 2.24) is 4.98 Å². The zero-order chi connectivity index (χ0) is 15.2. The van der Waals surface area contributed by atoms with Gasteiger partial charge in [-0.3, -0.25) is 9.78 Å². The number of rotatable bonds is 0. The number of pyridine rings is 1. The molecule has 6 heteroatoms. The maximum absolute atomic E-state index is 11.2. The fourth-order valence-electron chi connectivity index (χ4n) is 1.78. The van der Waals surface area contributed by atoms with Gasteiger partial charge in [0.25, 0.3) is 0 Å². The Morgan fingerprint density at radius 2 is 1.90 bits per heavy atom. The van der Waals surface area contributed by atoms with E-state index in [2.05, 4.69) is 26.2 Å². The van der Waals surface area contributed by atoms with Gasteiger partial charge in [0.15, 0.2) is 0 Å². The molecule has 108 valence electrons. The Labute approximate surface area is 131 Å². The minimum Gasteiger partial charge on any atom is -0.399 e. The number of amides is 1. The van der Waals surface area contributed by atoms with Crippen molar-refractivity contribution in [2.75, 3.05) is 11.1 Å². The lowest BCUT2D eigenvalue weighted by molar-refractivity contribution is -0.116. The first kappa shape index (κ1) is 15.2. The molecule has 0 spiro atoms. The maximum atomic E-state index is 11.2. The molecule has 0 radical (unpaired) electrons. The number of anilines is 2. The zero-order valence-corrected chi connectivity index (χ0v) is 12.9. The quantitative estimate of drug-likeness (QED) is 0.639. The fraction of sp³-hybridized carbons (Fsp3) is 0.133. The maximum Gasteiger partial charge on any atom is 0.224 e. The Balaban J connectivity index is 0.000000173. The van der Waals surface area contributed by atoms with Crippen LogP contribution in [0, 0.1) is 5.41 Å². The molecule has 0 atom stereocenters. The van der Waals surface area contributed by atoms with Crippen LogP contribution in [0.15, 0.2) is 47.1 Å². The summed E-state index contributed by atoms with van der Waals surface area (Å²) in [7, 11) is 0. The van der Waals surface area contributed by atoms with Crippen LogP contribution in [-0.2, 0) is 4.79 Å². The number of nitrogen functional groups attached to an aromatic ring is 1. The standard InChI is InChI=1S/C9H9N3O.C6H6BrN/c10-6-3-4-8(13)12-7-2-1-5-11-9(6)7;7-5-1-3-6(8)4-2-5/h1-2,5,10H,3-4H2,(H,12,13);1-4H,8H2. The van der Waals surface area contributed by atoms with Crippen LogP contribution >= 0.6 is 15.9 Å². The predicted molar refractivity (Wildman–Crippen MR) is 87.5 cm³/mol. The first-order chi connectivity index (χ1) is 10.1. The van der Waals surface area contributed by atoms with Gasteiger partial charge in [-0.15, -0.1) is 0 Å². The lowest BCUT2D eigenvalue weighted by Crippen LogP contribution is -2.09. The molecular weight excluding hydrogens is 332 g/mol. The largest absolute Gasteiger partial charge is 0.399 e. The van der Waals surface area contributed by atoms with Crippen LogP contribution in [0.5, 0.6) is 0 Å². The van der Waals surface area contributed by atoms with E-state index in [0.717, 1.165) is 10.2 Å². The van der Waals surface area contributed by atoms with Gasteiger partial charge in [0.05, 0.1) is 11.4 Å². The van der Waals surface area contributed by atoms with Crippen molar-refractivity contribution in [3.8, 4) is 0 Å². The fourth-order valence-corrected chi connectivity index (χ4v) is 2.04. The number of nitrogens with one attached hydrogen (secondary N) is 2. The summed E-state index contributed by atoms with van der Waals surface area (Å²) in [4.78, 5) is 15.2. The molecule has 1 aromatic carbocycles. The molecule has 0 bridgehead atoms. The Morgan fingerprint density at radius 1 is 1.19 bits per heavy atom. The van der Waals surface area contributed by atoms with E-state index in [1.165, 1.54) is 0 Å². The van der Waals surface area contributed by atoms with E-state index in [9.17, 15) is 4.79 Å². The highest BCUT2D eigenvalue weighted by Gasteiger charge is 2.16. The number of aromatic nitrogens is 1. The summed E-state index contributed by atoms with van der Waals surface area (Å²) in [6, 6.07) is 11.0. The molecule has 0 saturated carbocycles. The van der Waals surface area contributed by atoms with Gasteiger partial charge in [0.1, 0.15) is 5.69 Å².